The fourth-order valence-corrected chi connectivity index (χ4v) is 2.76. The van der Waals surface area contributed by atoms with Crippen molar-refractivity contribution in [3.8, 4) is 22.8 Å². The van der Waals surface area contributed by atoms with Crippen LogP contribution in [0.25, 0.3) is 22.3 Å². The van der Waals surface area contributed by atoms with Crippen LogP contribution in [0.4, 0.5) is 5.82 Å². The maximum absolute atomic E-state index is 6.07. The topological polar surface area (TPSA) is 78.9 Å². The van der Waals surface area contributed by atoms with Crippen LogP contribution in [0.1, 0.15) is 0 Å². The first-order valence-corrected chi connectivity index (χ1v) is 8.06. The molecule has 2 heterocycles. The van der Waals surface area contributed by atoms with Crippen molar-refractivity contribution in [2.24, 2.45) is 0 Å². The Morgan fingerprint density at radius 3 is 2.40 bits per heavy atom. The van der Waals surface area contributed by atoms with Crippen molar-refractivity contribution in [2.45, 2.75) is 0 Å². The van der Waals surface area contributed by atoms with Gasteiger partial charge in [-0.3, -0.25) is 0 Å². The number of hydrogen-bond donors (Lipinski definition) is 1. The Morgan fingerprint density at radius 2 is 1.68 bits per heavy atom. The summed E-state index contributed by atoms with van der Waals surface area (Å²) in [6, 6.07) is 17.4. The molecule has 2 N–H and O–H groups in total. The van der Waals surface area contributed by atoms with Crippen LogP contribution in [0, 0.1) is 0 Å². The van der Waals surface area contributed by atoms with Gasteiger partial charge in [-0.25, -0.2) is 9.97 Å². The third-order valence-corrected chi connectivity index (χ3v) is 3.96. The molecule has 4 rings (SSSR count). The van der Waals surface area contributed by atoms with E-state index >= 15 is 0 Å². The number of benzene rings is 2. The summed E-state index contributed by atoms with van der Waals surface area (Å²) in [5.41, 5.74) is 8.53. The van der Waals surface area contributed by atoms with Crippen molar-refractivity contribution in [3.63, 3.8) is 0 Å². The SMILES string of the molecule is BBn1nc(-c2ccc(Oc3ccccc3)cc2)c2c(N)ncnc21. The molecule has 0 saturated carbocycles. The highest BCUT2D eigenvalue weighted by Gasteiger charge is 2.16. The van der Waals surface area contributed by atoms with Crippen molar-refractivity contribution >= 4 is 31.9 Å². The maximum atomic E-state index is 6.07. The quantitative estimate of drug-likeness (QED) is 0.576. The lowest BCUT2D eigenvalue weighted by Gasteiger charge is -2.06. The predicted octanol–water partition coefficient (Wildman–Crippen LogP) is 1.62. The van der Waals surface area contributed by atoms with E-state index in [0.29, 0.717) is 13.1 Å². The second-order valence-corrected chi connectivity index (χ2v) is 5.56. The van der Waals surface area contributed by atoms with E-state index < -0.39 is 0 Å². The molecule has 0 aliphatic heterocycles. The van der Waals surface area contributed by atoms with Crippen molar-refractivity contribution < 1.29 is 4.74 Å². The molecule has 0 bridgehead atoms. The lowest BCUT2D eigenvalue weighted by Crippen LogP contribution is -2.08. The van der Waals surface area contributed by atoms with Crippen molar-refractivity contribution in [2.75, 3.05) is 5.73 Å². The third-order valence-electron chi connectivity index (χ3n) is 3.96. The molecule has 0 aliphatic carbocycles. The Bertz CT molecular complexity index is 1020. The van der Waals surface area contributed by atoms with Crippen molar-refractivity contribution in [1.29, 1.82) is 0 Å². The van der Waals surface area contributed by atoms with Gasteiger partial charge in [-0.05, 0) is 36.4 Å². The molecule has 0 amide bonds. The van der Waals surface area contributed by atoms with Crippen molar-refractivity contribution in [1.82, 2.24) is 19.7 Å². The third kappa shape index (κ3) is 2.82. The summed E-state index contributed by atoms with van der Waals surface area (Å²) in [5, 5.41) is 5.42. The lowest BCUT2D eigenvalue weighted by atomic mass is 9.67. The molecule has 8 heteroatoms. The van der Waals surface area contributed by atoms with Crippen LogP contribution in [-0.4, -0.2) is 34.7 Å². The minimum atomic E-state index is 0.435. The number of anilines is 1. The van der Waals surface area contributed by atoms with Crippen LogP contribution in [0.3, 0.4) is 0 Å². The lowest BCUT2D eigenvalue weighted by molar-refractivity contribution is 0.483. The number of fused-ring (bicyclic) bond motifs is 1. The van der Waals surface area contributed by atoms with Crippen LogP contribution in [0.5, 0.6) is 11.5 Å². The molecule has 0 saturated heterocycles. The maximum Gasteiger partial charge on any atom is 0.225 e. The van der Waals surface area contributed by atoms with E-state index in [-0.39, 0.29) is 0 Å². The smallest absolute Gasteiger partial charge is 0.225 e. The molecular weight excluding hydrogens is 312 g/mol. The highest BCUT2D eigenvalue weighted by atomic mass is 16.5. The molecule has 25 heavy (non-hydrogen) atoms. The summed E-state index contributed by atoms with van der Waals surface area (Å²) in [6.07, 6.45) is 1.46. The second-order valence-electron chi connectivity index (χ2n) is 5.56. The minimum Gasteiger partial charge on any atom is -0.457 e. The van der Waals surface area contributed by atoms with Gasteiger partial charge in [-0.2, -0.15) is 5.10 Å². The Morgan fingerprint density at radius 1 is 0.960 bits per heavy atom. The fourth-order valence-electron chi connectivity index (χ4n) is 2.76. The predicted molar refractivity (Wildman–Crippen MR) is 103 cm³/mol. The van der Waals surface area contributed by atoms with Gasteiger partial charge in [0.15, 0.2) is 0 Å². The van der Waals surface area contributed by atoms with Crippen LogP contribution in [-0.2, 0) is 0 Å². The zero-order valence-electron chi connectivity index (χ0n) is 13.8. The first kappa shape index (κ1) is 15.3. The molecule has 2 aromatic carbocycles. The monoisotopic (exact) mass is 327 g/mol. The zero-order valence-corrected chi connectivity index (χ0v) is 13.8. The van der Waals surface area contributed by atoms with Gasteiger partial charge in [0.1, 0.15) is 35.0 Å². The van der Waals surface area contributed by atoms with Crippen LogP contribution in [0.15, 0.2) is 60.9 Å². The summed E-state index contributed by atoms with van der Waals surface area (Å²) in [5.74, 6) is 2.00. The van der Waals surface area contributed by atoms with Crippen LogP contribution < -0.4 is 10.5 Å². The number of para-hydroxylation sites is 1. The highest BCUT2D eigenvalue weighted by molar-refractivity contribution is 6.88. The fraction of sp³-hybridized carbons (Fsp3) is 0. The molecular formula is C17H15B2N5O. The molecule has 0 aliphatic rings. The number of aromatic nitrogens is 4. The van der Waals surface area contributed by atoms with Gasteiger partial charge in [-0.15, -0.1) is 0 Å². The van der Waals surface area contributed by atoms with E-state index in [4.69, 9.17) is 10.5 Å². The van der Waals surface area contributed by atoms with Gasteiger partial charge in [-0.1, -0.05) is 18.2 Å². The van der Waals surface area contributed by atoms with Gasteiger partial charge in [0.05, 0.1) is 13.1 Å². The van der Waals surface area contributed by atoms with Gasteiger partial charge in [0, 0.05) is 5.56 Å². The van der Waals surface area contributed by atoms with Crippen molar-refractivity contribution in [3.05, 3.63) is 60.9 Å². The molecule has 0 atom stereocenters. The zero-order chi connectivity index (χ0) is 17.2. The summed E-state index contributed by atoms with van der Waals surface area (Å²) in [7, 11) is 2.73. The summed E-state index contributed by atoms with van der Waals surface area (Å²) < 4.78 is 7.66. The molecule has 0 fully saturated rings. The minimum absolute atomic E-state index is 0.435. The molecule has 2 aromatic heterocycles. The number of hydrogen-bond acceptors (Lipinski definition) is 5. The largest absolute Gasteiger partial charge is 0.457 e. The molecule has 120 valence electrons. The Balaban J connectivity index is 1.72. The van der Waals surface area contributed by atoms with Crippen LogP contribution in [0.2, 0.25) is 0 Å². The first-order chi connectivity index (χ1) is 12.3. The number of rotatable bonds is 4. The standard InChI is InChI=1S/C17H15B2N5O/c18-19-24-17-14(16(20)21-10-22-17)15(23-24)11-6-8-13(9-7-11)25-12-4-2-1-3-5-12/h1-10,19H,18H2,(H2,20,21,22). The molecule has 4 aromatic rings. The van der Waals surface area contributed by atoms with E-state index in [1.807, 2.05) is 66.9 Å². The average Bonchev–Trinajstić information content (AvgIpc) is 3.03. The summed E-state index contributed by atoms with van der Waals surface area (Å²) in [4.78, 5) is 8.42. The van der Waals surface area contributed by atoms with Gasteiger partial charge in [0.25, 0.3) is 0 Å². The Labute approximate surface area is 146 Å². The molecule has 6 nitrogen and oxygen atoms in total. The van der Waals surface area contributed by atoms with E-state index in [2.05, 4.69) is 15.1 Å². The van der Waals surface area contributed by atoms with E-state index in [9.17, 15) is 0 Å². The Kier molecular flexibility index (Phi) is 3.85. The summed E-state index contributed by atoms with van der Waals surface area (Å²) >= 11 is 0. The molecule has 0 radical (unpaired) electrons. The highest BCUT2D eigenvalue weighted by Crippen LogP contribution is 2.31. The van der Waals surface area contributed by atoms with Gasteiger partial charge >= 0.3 is 0 Å². The first-order valence-electron chi connectivity index (χ1n) is 8.06. The van der Waals surface area contributed by atoms with E-state index in [1.165, 1.54) is 6.33 Å². The Hall–Kier alpha value is -3.28. The van der Waals surface area contributed by atoms with Gasteiger partial charge in [0.2, 0.25) is 7.31 Å². The number of nitrogens with two attached hydrogens (primary N) is 1. The van der Waals surface area contributed by atoms with Gasteiger partial charge < -0.3 is 15.1 Å². The molecule has 0 spiro atoms. The second kappa shape index (κ2) is 6.32. The van der Waals surface area contributed by atoms with Crippen LogP contribution >= 0.6 is 0 Å². The number of nitrogen functional groups attached to an aromatic ring is 1. The number of ether oxygens (including phenoxy) is 1. The van der Waals surface area contributed by atoms with E-state index in [1.54, 1.807) is 0 Å². The molecule has 0 unspecified atom stereocenters. The average molecular weight is 327 g/mol. The normalized spacial score (nSPS) is 10.7. The number of nitrogens with zero attached hydrogens (tertiary/aromatic N) is 4. The summed E-state index contributed by atoms with van der Waals surface area (Å²) in [6.45, 7) is 0. The van der Waals surface area contributed by atoms with E-state index in [0.717, 1.165) is 33.8 Å².